The number of fused-ring (bicyclic) bond motifs is 2. The second-order valence-corrected chi connectivity index (χ2v) is 9.69. The Hall–Kier alpha value is -3.98. The second kappa shape index (κ2) is 11.0. The van der Waals surface area contributed by atoms with Gasteiger partial charge in [0.25, 0.3) is 5.91 Å². The molecule has 1 aromatic heterocycles. The summed E-state index contributed by atoms with van der Waals surface area (Å²) in [5.74, 6) is 2.07. The number of methoxy groups -OCH3 is 1. The smallest absolute Gasteiger partial charge is 0.254 e. The Balaban J connectivity index is 1.33. The molecule has 3 aromatic rings. The summed E-state index contributed by atoms with van der Waals surface area (Å²) < 4.78 is 22.2. The van der Waals surface area contributed by atoms with E-state index >= 15 is 0 Å². The lowest BCUT2D eigenvalue weighted by Gasteiger charge is -2.37. The van der Waals surface area contributed by atoms with Gasteiger partial charge in [0.05, 0.1) is 13.2 Å². The van der Waals surface area contributed by atoms with Crippen LogP contribution in [-0.4, -0.2) is 61.8 Å². The zero-order valence-electron chi connectivity index (χ0n) is 20.6. The lowest BCUT2D eigenvalue weighted by Crippen LogP contribution is -2.47. The number of ether oxygens (including phenoxy) is 4. The molecular weight excluding hydrogens is 492 g/mol. The number of carbonyl (C=O) groups is 2. The van der Waals surface area contributed by atoms with Gasteiger partial charge in [0.2, 0.25) is 12.7 Å². The first-order valence-electron chi connectivity index (χ1n) is 12.0. The van der Waals surface area contributed by atoms with Crippen molar-refractivity contribution in [2.75, 3.05) is 40.1 Å². The summed E-state index contributed by atoms with van der Waals surface area (Å²) in [6.07, 6.45) is 2.39. The Kier molecular flexibility index (Phi) is 7.32. The van der Waals surface area contributed by atoms with Crippen LogP contribution in [0.1, 0.15) is 26.8 Å². The highest BCUT2D eigenvalue weighted by Crippen LogP contribution is 2.35. The molecule has 5 rings (SSSR count). The molecule has 0 bridgehead atoms. The first-order chi connectivity index (χ1) is 18.1. The van der Waals surface area contributed by atoms with Crippen molar-refractivity contribution in [3.05, 3.63) is 82.6 Å². The third kappa shape index (κ3) is 5.27. The zero-order chi connectivity index (χ0) is 25.8. The molecule has 0 aliphatic carbocycles. The molecule has 192 valence electrons. The highest BCUT2D eigenvalue weighted by atomic mass is 32.1. The zero-order valence-corrected chi connectivity index (χ0v) is 21.4. The van der Waals surface area contributed by atoms with E-state index in [4.69, 9.17) is 18.9 Å². The van der Waals surface area contributed by atoms with E-state index < -0.39 is 0 Å². The fourth-order valence-corrected chi connectivity index (χ4v) is 5.51. The normalized spacial score (nSPS) is 15.6. The summed E-state index contributed by atoms with van der Waals surface area (Å²) in [6.45, 7) is 4.91. The number of amides is 2. The van der Waals surface area contributed by atoms with E-state index in [2.05, 4.69) is 12.6 Å². The van der Waals surface area contributed by atoms with Crippen molar-refractivity contribution >= 4 is 23.2 Å². The molecule has 2 aromatic carbocycles. The number of nitrogens with zero attached hydrogens (tertiary/aromatic N) is 2. The van der Waals surface area contributed by atoms with Crippen molar-refractivity contribution in [3.8, 4) is 23.0 Å². The summed E-state index contributed by atoms with van der Waals surface area (Å²) in [6, 6.07) is 14.2. The number of hydrogen-bond donors (Lipinski definition) is 0. The number of carbonyl (C=O) groups excluding carboxylic acids is 2. The maximum atomic E-state index is 13.6. The van der Waals surface area contributed by atoms with Crippen molar-refractivity contribution in [1.82, 2.24) is 9.80 Å². The van der Waals surface area contributed by atoms with Crippen molar-refractivity contribution < 1.29 is 28.5 Å². The molecule has 0 N–H and O–H groups in total. The van der Waals surface area contributed by atoms with Crippen LogP contribution in [0.5, 0.6) is 23.0 Å². The van der Waals surface area contributed by atoms with Gasteiger partial charge in [-0.1, -0.05) is 12.1 Å². The summed E-state index contributed by atoms with van der Waals surface area (Å²) in [7, 11) is 1.61. The van der Waals surface area contributed by atoms with Crippen LogP contribution in [0.3, 0.4) is 0 Å². The lowest BCUT2D eigenvalue weighted by molar-refractivity contribution is -0.135. The van der Waals surface area contributed by atoms with E-state index in [1.165, 1.54) is 9.78 Å². The second-order valence-electron chi connectivity index (χ2n) is 8.68. The van der Waals surface area contributed by atoms with Gasteiger partial charge >= 0.3 is 0 Å². The summed E-state index contributed by atoms with van der Waals surface area (Å²) in [5.41, 5.74) is 1.51. The van der Waals surface area contributed by atoms with Crippen LogP contribution in [0.25, 0.3) is 0 Å². The standard InChI is InChI=1S/C28H28N2O6S/c1-3-11-29(28(32)19-7-8-24-25(14-19)36-18-35-24)16-27(31)30-12-9-26-22(10-13-37-26)23(30)17-34-21-6-4-5-20(15-21)33-2/h3-8,10,13-15,23H,1,9,11-12,16-18H2,2H3. The Labute approximate surface area is 219 Å². The molecule has 0 saturated carbocycles. The fraction of sp³-hybridized carbons (Fsp3) is 0.286. The molecule has 0 radical (unpaired) electrons. The van der Waals surface area contributed by atoms with Crippen molar-refractivity contribution in [1.29, 1.82) is 0 Å². The number of thiophene rings is 1. The van der Waals surface area contributed by atoms with Gasteiger partial charge in [-0.15, -0.1) is 17.9 Å². The van der Waals surface area contributed by atoms with Crippen LogP contribution >= 0.6 is 11.3 Å². The maximum absolute atomic E-state index is 13.6. The minimum atomic E-state index is -0.274. The first kappa shape index (κ1) is 24.7. The monoisotopic (exact) mass is 520 g/mol. The highest BCUT2D eigenvalue weighted by molar-refractivity contribution is 7.10. The molecule has 2 amide bonds. The number of hydrogen-bond acceptors (Lipinski definition) is 7. The molecule has 37 heavy (non-hydrogen) atoms. The van der Waals surface area contributed by atoms with Crippen LogP contribution in [0.15, 0.2) is 66.6 Å². The minimum absolute atomic E-state index is 0.0750. The van der Waals surface area contributed by atoms with Gasteiger partial charge in [0.15, 0.2) is 11.5 Å². The van der Waals surface area contributed by atoms with E-state index in [0.29, 0.717) is 41.7 Å². The van der Waals surface area contributed by atoms with Crippen molar-refractivity contribution in [3.63, 3.8) is 0 Å². The average molecular weight is 521 g/mol. The molecule has 9 heteroatoms. The molecule has 0 fully saturated rings. The highest BCUT2D eigenvalue weighted by Gasteiger charge is 2.33. The van der Waals surface area contributed by atoms with E-state index in [1.807, 2.05) is 34.5 Å². The molecule has 0 saturated heterocycles. The molecule has 0 spiro atoms. The SMILES string of the molecule is C=CCN(CC(=O)N1CCc2sccc2C1COc1cccc(OC)c1)C(=O)c1ccc2c(c1)OCO2. The molecule has 3 heterocycles. The van der Waals surface area contributed by atoms with Crippen molar-refractivity contribution in [2.24, 2.45) is 0 Å². The quantitative estimate of drug-likeness (QED) is 0.391. The minimum Gasteiger partial charge on any atom is -0.497 e. The summed E-state index contributed by atoms with van der Waals surface area (Å²) >= 11 is 1.69. The van der Waals surface area contributed by atoms with Gasteiger partial charge in [-0.2, -0.15) is 0 Å². The van der Waals surface area contributed by atoms with Crippen LogP contribution in [0.2, 0.25) is 0 Å². The summed E-state index contributed by atoms with van der Waals surface area (Å²) in [5, 5.41) is 2.05. The van der Waals surface area contributed by atoms with Crippen LogP contribution in [0, 0.1) is 0 Å². The maximum Gasteiger partial charge on any atom is 0.254 e. The Morgan fingerprint density at radius 3 is 2.84 bits per heavy atom. The molecule has 2 aliphatic heterocycles. The van der Waals surface area contributed by atoms with E-state index in [9.17, 15) is 9.59 Å². The number of benzene rings is 2. The Morgan fingerprint density at radius 2 is 2.00 bits per heavy atom. The van der Waals surface area contributed by atoms with E-state index in [-0.39, 0.29) is 37.7 Å². The van der Waals surface area contributed by atoms with Crippen LogP contribution < -0.4 is 18.9 Å². The van der Waals surface area contributed by atoms with Gasteiger partial charge in [-0.05, 0) is 53.8 Å². The molecule has 8 nitrogen and oxygen atoms in total. The van der Waals surface area contributed by atoms with Gasteiger partial charge in [-0.3, -0.25) is 9.59 Å². The van der Waals surface area contributed by atoms with Gasteiger partial charge in [-0.25, -0.2) is 0 Å². The van der Waals surface area contributed by atoms with Gasteiger partial charge in [0, 0.05) is 29.6 Å². The van der Waals surface area contributed by atoms with E-state index in [0.717, 1.165) is 12.0 Å². The molecule has 1 atom stereocenters. The third-order valence-corrected chi connectivity index (χ3v) is 7.44. The van der Waals surface area contributed by atoms with Crippen LogP contribution in [-0.2, 0) is 11.2 Å². The van der Waals surface area contributed by atoms with Gasteiger partial charge in [0.1, 0.15) is 24.7 Å². The van der Waals surface area contributed by atoms with E-state index in [1.54, 1.807) is 42.7 Å². The third-order valence-electron chi connectivity index (χ3n) is 6.45. The van der Waals surface area contributed by atoms with Gasteiger partial charge < -0.3 is 28.7 Å². The average Bonchev–Trinajstić information content (AvgIpc) is 3.60. The summed E-state index contributed by atoms with van der Waals surface area (Å²) in [4.78, 5) is 31.5. The van der Waals surface area contributed by atoms with Crippen molar-refractivity contribution in [2.45, 2.75) is 12.5 Å². The fourth-order valence-electron chi connectivity index (χ4n) is 4.58. The lowest BCUT2D eigenvalue weighted by atomic mass is 10.0. The topological polar surface area (TPSA) is 77.5 Å². The largest absolute Gasteiger partial charge is 0.497 e. The van der Waals surface area contributed by atoms with Crippen LogP contribution in [0.4, 0.5) is 0 Å². The molecule has 2 aliphatic rings. The molecule has 1 unspecified atom stereocenters. The predicted octanol–water partition coefficient (Wildman–Crippen LogP) is 4.32. The Bertz CT molecular complexity index is 1310. The number of rotatable bonds is 9. The Morgan fingerprint density at radius 1 is 1.16 bits per heavy atom. The predicted molar refractivity (Wildman–Crippen MR) is 140 cm³/mol. The first-order valence-corrected chi connectivity index (χ1v) is 12.9. The molecular formula is C28H28N2O6S.